The molecule has 0 spiro atoms. The molecule has 0 bridgehead atoms. The fourth-order valence-corrected chi connectivity index (χ4v) is 2.24. The second-order valence-electron chi connectivity index (χ2n) is 5.71. The minimum Gasteiger partial charge on any atom is -0.472 e. The number of furan rings is 1. The highest BCUT2D eigenvalue weighted by Crippen LogP contribution is 2.21. The summed E-state index contributed by atoms with van der Waals surface area (Å²) in [6, 6.07) is 9.04. The van der Waals surface area contributed by atoms with Crippen molar-refractivity contribution >= 4 is 17.3 Å². The number of aryl methyl sites for hydroxylation is 1. The lowest BCUT2D eigenvalue weighted by Crippen LogP contribution is -2.15. The number of nitrogens with zero attached hydrogens (tertiary/aromatic N) is 1. The van der Waals surface area contributed by atoms with Gasteiger partial charge in [-0.25, -0.2) is 0 Å². The van der Waals surface area contributed by atoms with Crippen LogP contribution < -0.4 is 5.32 Å². The smallest absolute Gasteiger partial charge is 0.251 e. The average Bonchev–Trinajstić information content (AvgIpc) is 3.15. The van der Waals surface area contributed by atoms with Crippen molar-refractivity contribution in [3.8, 4) is 6.07 Å². The molecular weight excluding hydrogens is 314 g/mol. The summed E-state index contributed by atoms with van der Waals surface area (Å²) in [4.78, 5) is 12.4. The minimum atomic E-state index is -0.307. The molecule has 2 aromatic rings. The molecule has 1 aromatic heterocycles. The van der Waals surface area contributed by atoms with Crippen LogP contribution in [0.15, 0.2) is 64.5 Å². The molecule has 25 heavy (non-hydrogen) atoms. The van der Waals surface area contributed by atoms with Gasteiger partial charge in [-0.2, -0.15) is 5.26 Å². The normalized spacial score (nSPS) is 11.3. The standard InChI is InChI=1S/C20H19N3O2/c1-12-5-6-17(9-18(12)19(22)16-7-8-25-11-16)23-20(24)15(4)14(3)13(2)10-21/h5-9,11,22H,2H2,1,3-4H3,(H,23,24)/b15-14+,22-19?. The first-order chi connectivity index (χ1) is 11.8. The third-order valence-corrected chi connectivity index (χ3v) is 4.07. The average molecular weight is 333 g/mol. The third kappa shape index (κ3) is 3.93. The number of carbonyl (C=O) groups excluding carboxylic acids is 1. The van der Waals surface area contributed by atoms with E-state index in [2.05, 4.69) is 11.9 Å². The zero-order chi connectivity index (χ0) is 18.6. The predicted molar refractivity (Wildman–Crippen MR) is 97.6 cm³/mol. The van der Waals surface area contributed by atoms with Crippen molar-refractivity contribution in [2.45, 2.75) is 20.8 Å². The third-order valence-electron chi connectivity index (χ3n) is 4.07. The Morgan fingerprint density at radius 2 is 2.00 bits per heavy atom. The molecule has 0 fully saturated rings. The molecule has 5 heteroatoms. The quantitative estimate of drug-likeness (QED) is 0.369. The lowest BCUT2D eigenvalue weighted by molar-refractivity contribution is -0.112. The molecule has 1 amide bonds. The highest BCUT2D eigenvalue weighted by atomic mass is 16.3. The van der Waals surface area contributed by atoms with Crippen LogP contribution in [0.4, 0.5) is 5.69 Å². The van der Waals surface area contributed by atoms with Gasteiger partial charge < -0.3 is 9.73 Å². The molecule has 0 aliphatic heterocycles. The number of hydrogen-bond acceptors (Lipinski definition) is 4. The van der Waals surface area contributed by atoms with E-state index in [9.17, 15) is 4.79 Å². The Morgan fingerprint density at radius 3 is 2.60 bits per heavy atom. The van der Waals surface area contributed by atoms with Crippen LogP contribution in [0, 0.1) is 23.7 Å². The summed E-state index contributed by atoms with van der Waals surface area (Å²) < 4.78 is 5.03. The number of nitriles is 1. The van der Waals surface area contributed by atoms with E-state index < -0.39 is 0 Å². The van der Waals surface area contributed by atoms with Gasteiger partial charge in [0, 0.05) is 28.0 Å². The Hall–Kier alpha value is -3.39. The van der Waals surface area contributed by atoms with Gasteiger partial charge in [0.1, 0.15) is 0 Å². The summed E-state index contributed by atoms with van der Waals surface area (Å²) in [7, 11) is 0. The summed E-state index contributed by atoms with van der Waals surface area (Å²) in [6.45, 7) is 8.87. The summed E-state index contributed by atoms with van der Waals surface area (Å²) >= 11 is 0. The van der Waals surface area contributed by atoms with Crippen LogP contribution in [0.5, 0.6) is 0 Å². The van der Waals surface area contributed by atoms with Crippen molar-refractivity contribution in [2.24, 2.45) is 0 Å². The van der Waals surface area contributed by atoms with E-state index >= 15 is 0 Å². The summed E-state index contributed by atoms with van der Waals surface area (Å²) in [5.74, 6) is -0.307. The van der Waals surface area contributed by atoms with Crippen molar-refractivity contribution in [3.05, 3.63) is 76.8 Å². The molecule has 2 rings (SSSR count). The highest BCUT2D eigenvalue weighted by Gasteiger charge is 2.13. The molecule has 0 atom stereocenters. The Labute approximate surface area is 146 Å². The van der Waals surface area contributed by atoms with E-state index in [1.54, 1.807) is 32.0 Å². The van der Waals surface area contributed by atoms with Gasteiger partial charge in [-0.05, 0) is 50.1 Å². The van der Waals surface area contributed by atoms with Gasteiger partial charge in [0.25, 0.3) is 5.91 Å². The number of carbonyl (C=O) groups is 1. The first-order valence-electron chi connectivity index (χ1n) is 7.65. The van der Waals surface area contributed by atoms with Crippen LogP contribution in [0.3, 0.4) is 0 Å². The van der Waals surface area contributed by atoms with Crippen LogP contribution >= 0.6 is 0 Å². The molecule has 0 aliphatic rings. The number of anilines is 1. The lowest BCUT2D eigenvalue weighted by atomic mass is 9.99. The number of allylic oxidation sites excluding steroid dienone is 2. The first kappa shape index (κ1) is 18.0. The second kappa shape index (κ2) is 7.45. The lowest BCUT2D eigenvalue weighted by Gasteiger charge is -2.12. The molecule has 1 heterocycles. The van der Waals surface area contributed by atoms with Gasteiger partial charge >= 0.3 is 0 Å². The van der Waals surface area contributed by atoms with Crippen molar-refractivity contribution in [2.75, 3.05) is 5.32 Å². The summed E-state index contributed by atoms with van der Waals surface area (Å²) in [6.07, 6.45) is 3.03. The van der Waals surface area contributed by atoms with Gasteiger partial charge in [0.2, 0.25) is 0 Å². The minimum absolute atomic E-state index is 0.263. The van der Waals surface area contributed by atoms with Gasteiger partial charge in [-0.1, -0.05) is 12.6 Å². The maximum Gasteiger partial charge on any atom is 0.251 e. The zero-order valence-corrected chi connectivity index (χ0v) is 14.4. The van der Waals surface area contributed by atoms with Crippen LogP contribution in [0.1, 0.15) is 30.5 Å². The van der Waals surface area contributed by atoms with E-state index in [1.807, 2.05) is 19.1 Å². The van der Waals surface area contributed by atoms with E-state index in [4.69, 9.17) is 15.1 Å². The fourth-order valence-electron chi connectivity index (χ4n) is 2.24. The van der Waals surface area contributed by atoms with E-state index in [0.29, 0.717) is 33.7 Å². The van der Waals surface area contributed by atoms with E-state index in [0.717, 1.165) is 5.56 Å². The largest absolute Gasteiger partial charge is 0.472 e. The zero-order valence-electron chi connectivity index (χ0n) is 14.4. The number of amides is 1. The Balaban J connectivity index is 2.29. The van der Waals surface area contributed by atoms with Gasteiger partial charge in [-0.3, -0.25) is 10.2 Å². The first-order valence-corrected chi connectivity index (χ1v) is 7.65. The molecule has 0 unspecified atom stereocenters. The molecule has 0 saturated heterocycles. The van der Waals surface area contributed by atoms with Gasteiger partial charge in [-0.15, -0.1) is 0 Å². The number of rotatable bonds is 5. The monoisotopic (exact) mass is 333 g/mol. The summed E-state index contributed by atoms with van der Waals surface area (Å²) in [5.41, 5.74) is 4.45. The molecule has 126 valence electrons. The summed E-state index contributed by atoms with van der Waals surface area (Å²) in [5, 5.41) is 20.0. The van der Waals surface area contributed by atoms with Gasteiger partial charge in [0.05, 0.1) is 24.3 Å². The number of benzene rings is 1. The molecule has 1 aromatic carbocycles. The fraction of sp³-hybridized carbons (Fsp3) is 0.150. The van der Waals surface area contributed by atoms with Crippen LogP contribution in [0.2, 0.25) is 0 Å². The molecule has 0 aliphatic carbocycles. The molecule has 0 radical (unpaired) electrons. The number of nitrogens with one attached hydrogen (secondary N) is 2. The van der Waals surface area contributed by atoms with Crippen LogP contribution in [-0.2, 0) is 4.79 Å². The van der Waals surface area contributed by atoms with Crippen molar-refractivity contribution in [1.29, 1.82) is 10.7 Å². The van der Waals surface area contributed by atoms with Crippen molar-refractivity contribution in [1.82, 2.24) is 0 Å². The predicted octanol–water partition coefficient (Wildman–Crippen LogP) is 4.36. The Kier molecular flexibility index (Phi) is 5.35. The topological polar surface area (TPSA) is 89.9 Å². The maximum atomic E-state index is 12.4. The van der Waals surface area contributed by atoms with Crippen molar-refractivity contribution < 1.29 is 9.21 Å². The maximum absolute atomic E-state index is 12.4. The SMILES string of the molecule is C=C(C#N)/C(C)=C(\C)C(=O)Nc1ccc(C)c(C(=N)c2ccoc2)c1. The van der Waals surface area contributed by atoms with E-state index in [1.165, 1.54) is 12.5 Å². The van der Waals surface area contributed by atoms with Crippen LogP contribution in [0.25, 0.3) is 0 Å². The highest BCUT2D eigenvalue weighted by molar-refractivity contribution is 6.12. The Bertz CT molecular complexity index is 913. The molecule has 2 N–H and O–H groups in total. The van der Waals surface area contributed by atoms with E-state index in [-0.39, 0.29) is 11.5 Å². The molecule has 5 nitrogen and oxygen atoms in total. The molecule has 0 saturated carbocycles. The molecular formula is C20H19N3O2. The second-order valence-corrected chi connectivity index (χ2v) is 5.71. The van der Waals surface area contributed by atoms with Crippen molar-refractivity contribution in [3.63, 3.8) is 0 Å². The Morgan fingerprint density at radius 1 is 1.28 bits per heavy atom. The van der Waals surface area contributed by atoms with Crippen LogP contribution in [-0.4, -0.2) is 11.6 Å². The van der Waals surface area contributed by atoms with Gasteiger partial charge in [0.15, 0.2) is 0 Å². The number of hydrogen-bond donors (Lipinski definition) is 2.